The van der Waals surface area contributed by atoms with E-state index in [1.807, 2.05) is 0 Å². The smallest absolute Gasteiger partial charge is 0.311 e. The fourth-order valence-corrected chi connectivity index (χ4v) is 3.72. The van der Waals surface area contributed by atoms with Crippen LogP contribution in [-0.4, -0.2) is 26.7 Å². The summed E-state index contributed by atoms with van der Waals surface area (Å²) in [7, 11) is 0. The number of aromatic nitrogens is 1. The Labute approximate surface area is 170 Å². The van der Waals surface area contributed by atoms with Gasteiger partial charge in [-0.2, -0.15) is 0 Å². The third-order valence-electron chi connectivity index (χ3n) is 4.93. The Morgan fingerprint density at radius 2 is 1.90 bits per heavy atom. The number of phenols is 1. The number of aromatic hydroxyl groups is 1. The van der Waals surface area contributed by atoms with Crippen molar-refractivity contribution in [2.24, 2.45) is 0 Å². The number of carbonyl (C=O) groups excluding carboxylic acids is 1. The second kappa shape index (κ2) is 7.83. The van der Waals surface area contributed by atoms with E-state index in [9.17, 15) is 28.6 Å². The fraction of sp³-hybridized carbons (Fsp3) is 0.238. The lowest BCUT2D eigenvalue weighted by molar-refractivity contribution is -0.139. The number of halogens is 3. The highest BCUT2D eigenvalue weighted by molar-refractivity contribution is 6.30. The monoisotopic (exact) mass is 421 g/mol. The molecule has 29 heavy (non-hydrogen) atoms. The number of benzene rings is 2. The molecular weight excluding hydrogens is 404 g/mol. The van der Waals surface area contributed by atoms with E-state index in [2.05, 4.69) is 0 Å². The fourth-order valence-electron chi connectivity index (χ4n) is 3.61. The Morgan fingerprint density at radius 3 is 2.48 bits per heavy atom. The number of phenolic OH excluding ortho intramolecular Hbond substituents is 1. The minimum Gasteiger partial charge on any atom is -0.505 e. The number of carboxylic acid groups (broad SMARTS) is 1. The van der Waals surface area contributed by atoms with E-state index in [0.29, 0.717) is 6.42 Å². The molecule has 0 spiro atoms. The molecule has 0 radical (unpaired) electrons. The van der Waals surface area contributed by atoms with Crippen molar-refractivity contribution in [2.75, 3.05) is 0 Å². The van der Waals surface area contributed by atoms with Crippen LogP contribution in [0.1, 0.15) is 47.3 Å². The predicted octanol–water partition coefficient (Wildman–Crippen LogP) is 5.24. The van der Waals surface area contributed by atoms with Gasteiger partial charge in [0.2, 0.25) is 0 Å². The van der Waals surface area contributed by atoms with E-state index < -0.39 is 35.2 Å². The second-order valence-electron chi connectivity index (χ2n) is 6.74. The van der Waals surface area contributed by atoms with E-state index in [1.54, 1.807) is 6.92 Å². The Hall–Kier alpha value is -2.93. The van der Waals surface area contributed by atoms with Crippen LogP contribution in [-0.2, 0) is 4.79 Å². The number of hydrogen-bond donors (Lipinski definition) is 2. The van der Waals surface area contributed by atoms with Crippen LogP contribution >= 0.6 is 11.6 Å². The largest absolute Gasteiger partial charge is 0.505 e. The molecule has 1 heterocycles. The number of carbonyl (C=O) groups is 2. The Bertz CT molecular complexity index is 1140. The molecule has 0 saturated heterocycles. The van der Waals surface area contributed by atoms with Gasteiger partial charge in [0.15, 0.2) is 11.6 Å². The molecule has 0 saturated carbocycles. The molecule has 8 heteroatoms. The van der Waals surface area contributed by atoms with Crippen molar-refractivity contribution in [3.8, 4) is 5.75 Å². The first kappa shape index (κ1) is 20.8. The molecule has 0 aliphatic carbocycles. The molecule has 1 aromatic heterocycles. The number of fused-ring (bicyclic) bond motifs is 1. The molecule has 5 nitrogen and oxygen atoms in total. The minimum absolute atomic E-state index is 0.0331. The van der Waals surface area contributed by atoms with Gasteiger partial charge in [-0.05, 0) is 49.2 Å². The van der Waals surface area contributed by atoms with E-state index >= 15 is 0 Å². The molecule has 0 amide bonds. The van der Waals surface area contributed by atoms with Crippen molar-refractivity contribution < 1.29 is 28.6 Å². The van der Waals surface area contributed by atoms with Gasteiger partial charge in [0.05, 0.1) is 16.5 Å². The summed E-state index contributed by atoms with van der Waals surface area (Å²) in [5.74, 6) is -5.35. The Morgan fingerprint density at radius 1 is 1.21 bits per heavy atom. The van der Waals surface area contributed by atoms with Gasteiger partial charge in [0.1, 0.15) is 5.82 Å². The maximum atomic E-state index is 14.9. The molecule has 0 aliphatic rings. The van der Waals surface area contributed by atoms with Gasteiger partial charge in [0, 0.05) is 16.6 Å². The van der Waals surface area contributed by atoms with Gasteiger partial charge in [-0.3, -0.25) is 14.2 Å². The molecule has 2 aromatic carbocycles. The number of aliphatic carboxylic acids is 1. The molecule has 152 valence electrons. The zero-order valence-corrected chi connectivity index (χ0v) is 16.4. The summed E-state index contributed by atoms with van der Waals surface area (Å²) >= 11 is 5.68. The van der Waals surface area contributed by atoms with Crippen molar-refractivity contribution >= 4 is 34.4 Å². The molecule has 0 fully saturated rings. The summed E-state index contributed by atoms with van der Waals surface area (Å²) in [5.41, 5.74) is 0.390. The van der Waals surface area contributed by atoms with Crippen LogP contribution in [0.4, 0.5) is 8.78 Å². The first-order valence-corrected chi connectivity index (χ1v) is 9.31. The molecule has 3 rings (SSSR count). The summed E-state index contributed by atoms with van der Waals surface area (Å²) in [6.45, 7) is 3.29. The third kappa shape index (κ3) is 3.46. The maximum Gasteiger partial charge on any atom is 0.311 e. The van der Waals surface area contributed by atoms with Gasteiger partial charge >= 0.3 is 5.97 Å². The average molecular weight is 422 g/mol. The van der Waals surface area contributed by atoms with Crippen LogP contribution in [0.3, 0.4) is 0 Å². The highest BCUT2D eigenvalue weighted by Gasteiger charge is 2.31. The van der Waals surface area contributed by atoms with Crippen molar-refractivity contribution in [1.82, 2.24) is 4.57 Å². The average Bonchev–Trinajstić information content (AvgIpc) is 2.96. The first-order chi connectivity index (χ1) is 13.7. The van der Waals surface area contributed by atoms with Crippen molar-refractivity contribution in [3.63, 3.8) is 0 Å². The zero-order chi connectivity index (χ0) is 21.5. The zero-order valence-electron chi connectivity index (χ0n) is 15.7. The molecular formula is C21H18ClF2NO4. The van der Waals surface area contributed by atoms with Gasteiger partial charge in [-0.1, -0.05) is 24.9 Å². The van der Waals surface area contributed by atoms with Crippen LogP contribution in [0.15, 0.2) is 30.3 Å². The Kier molecular flexibility index (Phi) is 5.61. The maximum absolute atomic E-state index is 14.9. The Balaban J connectivity index is 2.35. The molecule has 0 bridgehead atoms. The first-order valence-electron chi connectivity index (χ1n) is 8.93. The summed E-state index contributed by atoms with van der Waals surface area (Å²) in [6.07, 6.45) is 0.730. The van der Waals surface area contributed by atoms with Crippen LogP contribution in [0.5, 0.6) is 5.75 Å². The molecule has 1 atom stereocenters. The molecule has 0 aliphatic heterocycles. The standard InChI is InChI=1S/C21H18ClF2NO4/c1-3-4-12(21(28)29)17-10(2)25(15-7-8-16(26)19(24)18(15)17)20(27)11-5-6-13(22)14(23)9-11/h5-9,12,26H,3-4H2,1-2H3,(H,28,29). The van der Waals surface area contributed by atoms with Gasteiger partial charge in [-0.25, -0.2) is 8.78 Å². The van der Waals surface area contributed by atoms with Crippen LogP contribution in [0.2, 0.25) is 5.02 Å². The van der Waals surface area contributed by atoms with Gasteiger partial charge in [-0.15, -0.1) is 0 Å². The topological polar surface area (TPSA) is 79.5 Å². The van der Waals surface area contributed by atoms with E-state index in [-0.39, 0.29) is 39.2 Å². The van der Waals surface area contributed by atoms with Crippen LogP contribution in [0.25, 0.3) is 10.9 Å². The van der Waals surface area contributed by atoms with E-state index in [4.69, 9.17) is 11.6 Å². The number of carboxylic acids is 1. The van der Waals surface area contributed by atoms with E-state index in [1.165, 1.54) is 25.1 Å². The van der Waals surface area contributed by atoms with Crippen LogP contribution < -0.4 is 0 Å². The summed E-state index contributed by atoms with van der Waals surface area (Å²) in [6, 6.07) is 5.95. The van der Waals surface area contributed by atoms with Crippen molar-refractivity contribution in [1.29, 1.82) is 0 Å². The normalized spacial score (nSPS) is 12.3. The molecule has 3 aromatic rings. The SMILES string of the molecule is CCCC(C(=O)O)c1c(C)n(C(=O)c2ccc(Cl)c(F)c2)c2ccc(O)c(F)c12. The van der Waals surface area contributed by atoms with Crippen molar-refractivity contribution in [2.45, 2.75) is 32.6 Å². The van der Waals surface area contributed by atoms with Crippen molar-refractivity contribution in [3.05, 3.63) is 63.8 Å². The second-order valence-corrected chi connectivity index (χ2v) is 7.15. The highest BCUT2D eigenvalue weighted by Crippen LogP contribution is 2.39. The van der Waals surface area contributed by atoms with Crippen LogP contribution in [0, 0.1) is 18.6 Å². The summed E-state index contributed by atoms with van der Waals surface area (Å²) < 4.78 is 29.9. The lowest BCUT2D eigenvalue weighted by atomic mass is 9.92. The number of nitrogens with zero attached hydrogens (tertiary/aromatic N) is 1. The summed E-state index contributed by atoms with van der Waals surface area (Å²) in [4.78, 5) is 25.0. The minimum atomic E-state index is -1.17. The lowest BCUT2D eigenvalue weighted by Crippen LogP contribution is -2.16. The van der Waals surface area contributed by atoms with E-state index in [0.717, 1.165) is 16.7 Å². The molecule has 1 unspecified atom stereocenters. The van der Waals surface area contributed by atoms with Gasteiger partial charge in [0.25, 0.3) is 5.91 Å². The highest BCUT2D eigenvalue weighted by atomic mass is 35.5. The predicted molar refractivity (Wildman–Crippen MR) is 105 cm³/mol. The van der Waals surface area contributed by atoms with Gasteiger partial charge < -0.3 is 10.2 Å². The number of rotatable bonds is 5. The number of hydrogen-bond acceptors (Lipinski definition) is 3. The molecule has 2 N–H and O–H groups in total. The quantitative estimate of drug-likeness (QED) is 0.590. The third-order valence-corrected chi connectivity index (χ3v) is 5.24. The lowest BCUT2D eigenvalue weighted by Gasteiger charge is -2.13. The summed E-state index contributed by atoms with van der Waals surface area (Å²) in [5, 5.41) is 19.2.